The lowest BCUT2D eigenvalue weighted by Crippen LogP contribution is -2.11. The maximum Gasteiger partial charge on any atom is 0.204 e. The SMILES string of the molecule is C/C(=N\Nc1nc2ccccc2s1)c1cc(OCCN)ccn1. The highest BCUT2D eigenvalue weighted by atomic mass is 32.1. The lowest BCUT2D eigenvalue weighted by atomic mass is 10.2. The van der Waals surface area contributed by atoms with Crippen LogP contribution in [0.3, 0.4) is 0 Å². The summed E-state index contributed by atoms with van der Waals surface area (Å²) in [7, 11) is 0. The lowest BCUT2D eigenvalue weighted by molar-refractivity contribution is 0.328. The van der Waals surface area contributed by atoms with E-state index in [1.807, 2.05) is 37.3 Å². The quantitative estimate of drug-likeness (QED) is 0.537. The summed E-state index contributed by atoms with van der Waals surface area (Å²) in [6.07, 6.45) is 1.69. The zero-order chi connectivity index (χ0) is 16.1. The molecule has 0 aliphatic heterocycles. The number of hydrogen-bond acceptors (Lipinski definition) is 7. The molecule has 3 rings (SSSR count). The number of nitrogens with one attached hydrogen (secondary N) is 1. The molecular weight excluding hydrogens is 310 g/mol. The topological polar surface area (TPSA) is 85.4 Å². The summed E-state index contributed by atoms with van der Waals surface area (Å²) in [6.45, 7) is 2.84. The number of nitrogens with zero attached hydrogens (tertiary/aromatic N) is 3. The van der Waals surface area contributed by atoms with Gasteiger partial charge < -0.3 is 10.5 Å². The highest BCUT2D eigenvalue weighted by Crippen LogP contribution is 2.25. The standard InChI is InChI=1S/C16H17N5OS/c1-11(14-10-12(6-8-18-14)22-9-7-17)20-21-16-19-13-4-2-3-5-15(13)23-16/h2-6,8,10H,7,9,17H2,1H3,(H,19,21)/b20-11+. The molecule has 7 heteroatoms. The molecule has 0 aliphatic rings. The first-order valence-corrected chi connectivity index (χ1v) is 8.03. The van der Waals surface area contributed by atoms with Gasteiger partial charge in [-0.3, -0.25) is 10.4 Å². The molecule has 0 atom stereocenters. The van der Waals surface area contributed by atoms with Crippen LogP contribution in [-0.4, -0.2) is 28.8 Å². The number of rotatable bonds is 6. The Kier molecular flexibility index (Phi) is 4.80. The van der Waals surface area contributed by atoms with E-state index in [-0.39, 0.29) is 0 Å². The van der Waals surface area contributed by atoms with Gasteiger partial charge in [-0.25, -0.2) is 4.98 Å². The third kappa shape index (κ3) is 3.82. The third-order valence-electron chi connectivity index (χ3n) is 3.10. The molecule has 0 fully saturated rings. The fraction of sp³-hybridized carbons (Fsp3) is 0.188. The second-order valence-corrected chi connectivity index (χ2v) is 5.84. The number of hydrazone groups is 1. The van der Waals surface area contributed by atoms with E-state index in [9.17, 15) is 0 Å². The molecule has 0 amide bonds. The van der Waals surface area contributed by atoms with E-state index in [1.165, 1.54) is 0 Å². The minimum absolute atomic E-state index is 0.476. The van der Waals surface area contributed by atoms with E-state index < -0.39 is 0 Å². The van der Waals surface area contributed by atoms with Crippen molar-refractivity contribution in [3.63, 3.8) is 0 Å². The molecule has 6 nitrogen and oxygen atoms in total. The average molecular weight is 327 g/mol. The highest BCUT2D eigenvalue weighted by molar-refractivity contribution is 7.22. The summed E-state index contributed by atoms with van der Waals surface area (Å²) in [5.74, 6) is 0.731. The van der Waals surface area contributed by atoms with Crippen molar-refractivity contribution >= 4 is 32.4 Å². The molecule has 0 saturated carbocycles. The molecule has 2 heterocycles. The monoisotopic (exact) mass is 327 g/mol. The van der Waals surface area contributed by atoms with E-state index in [1.54, 1.807) is 23.6 Å². The van der Waals surface area contributed by atoms with Crippen molar-refractivity contribution in [2.45, 2.75) is 6.92 Å². The molecule has 0 spiro atoms. The zero-order valence-corrected chi connectivity index (χ0v) is 13.5. The molecule has 23 heavy (non-hydrogen) atoms. The maximum absolute atomic E-state index is 5.50. The number of ether oxygens (including phenoxy) is 1. The molecule has 0 aliphatic carbocycles. The van der Waals surface area contributed by atoms with Gasteiger partial charge in [0, 0.05) is 18.8 Å². The lowest BCUT2D eigenvalue weighted by Gasteiger charge is -2.06. The fourth-order valence-electron chi connectivity index (χ4n) is 1.98. The summed E-state index contributed by atoms with van der Waals surface area (Å²) in [5, 5.41) is 5.10. The number of aromatic nitrogens is 2. The number of fused-ring (bicyclic) bond motifs is 1. The van der Waals surface area contributed by atoms with Crippen molar-refractivity contribution in [2.75, 3.05) is 18.6 Å². The second kappa shape index (κ2) is 7.17. The Morgan fingerprint density at radius 1 is 1.35 bits per heavy atom. The maximum atomic E-state index is 5.50. The van der Waals surface area contributed by atoms with Gasteiger partial charge in [0.15, 0.2) is 0 Å². The fourth-order valence-corrected chi connectivity index (χ4v) is 2.79. The van der Waals surface area contributed by atoms with Gasteiger partial charge in [0.05, 0.1) is 21.6 Å². The molecular formula is C16H17N5OS. The van der Waals surface area contributed by atoms with Gasteiger partial charge in [0.2, 0.25) is 5.13 Å². The number of hydrogen-bond donors (Lipinski definition) is 2. The Morgan fingerprint density at radius 2 is 2.22 bits per heavy atom. The van der Waals surface area contributed by atoms with E-state index in [0.717, 1.165) is 32.5 Å². The number of benzene rings is 1. The predicted octanol–water partition coefficient (Wildman–Crippen LogP) is 2.86. The Labute approximate surface area is 138 Å². The van der Waals surface area contributed by atoms with Crippen LogP contribution in [0.2, 0.25) is 0 Å². The number of pyridine rings is 1. The van der Waals surface area contributed by atoms with E-state index >= 15 is 0 Å². The number of nitrogens with two attached hydrogens (primary N) is 1. The van der Waals surface area contributed by atoms with Crippen molar-refractivity contribution in [1.82, 2.24) is 9.97 Å². The molecule has 0 unspecified atom stereocenters. The molecule has 0 saturated heterocycles. The Morgan fingerprint density at radius 3 is 3.04 bits per heavy atom. The number of para-hydroxylation sites is 1. The first-order valence-electron chi connectivity index (χ1n) is 7.21. The summed E-state index contributed by atoms with van der Waals surface area (Å²) < 4.78 is 6.62. The van der Waals surface area contributed by atoms with Crippen LogP contribution in [-0.2, 0) is 0 Å². The molecule has 118 valence electrons. The third-order valence-corrected chi connectivity index (χ3v) is 4.04. The van der Waals surface area contributed by atoms with Crippen LogP contribution < -0.4 is 15.9 Å². The van der Waals surface area contributed by atoms with Gasteiger partial charge in [-0.15, -0.1) is 0 Å². The van der Waals surface area contributed by atoms with Crippen LogP contribution in [0.25, 0.3) is 10.2 Å². The Balaban J connectivity index is 1.74. The smallest absolute Gasteiger partial charge is 0.204 e. The van der Waals surface area contributed by atoms with Crippen molar-refractivity contribution in [2.24, 2.45) is 10.8 Å². The van der Waals surface area contributed by atoms with Crippen LogP contribution in [0.1, 0.15) is 12.6 Å². The summed E-state index contributed by atoms with van der Waals surface area (Å²) in [4.78, 5) is 8.78. The van der Waals surface area contributed by atoms with E-state index in [0.29, 0.717) is 13.2 Å². The van der Waals surface area contributed by atoms with Crippen LogP contribution in [0.4, 0.5) is 5.13 Å². The van der Waals surface area contributed by atoms with Crippen molar-refractivity contribution < 1.29 is 4.74 Å². The van der Waals surface area contributed by atoms with Gasteiger partial charge in [-0.05, 0) is 25.1 Å². The van der Waals surface area contributed by atoms with E-state index in [2.05, 4.69) is 20.5 Å². The van der Waals surface area contributed by atoms with Crippen LogP contribution in [0.15, 0.2) is 47.7 Å². The number of thiazole rings is 1. The zero-order valence-electron chi connectivity index (χ0n) is 12.7. The van der Waals surface area contributed by atoms with Gasteiger partial charge in [0.1, 0.15) is 12.4 Å². The normalized spacial score (nSPS) is 11.7. The molecule has 2 aromatic heterocycles. The van der Waals surface area contributed by atoms with Crippen LogP contribution >= 0.6 is 11.3 Å². The first-order chi connectivity index (χ1) is 11.3. The van der Waals surface area contributed by atoms with Crippen molar-refractivity contribution in [3.8, 4) is 5.75 Å². The molecule has 3 N–H and O–H groups in total. The largest absolute Gasteiger partial charge is 0.492 e. The second-order valence-electron chi connectivity index (χ2n) is 4.81. The van der Waals surface area contributed by atoms with E-state index in [4.69, 9.17) is 10.5 Å². The van der Waals surface area contributed by atoms with Gasteiger partial charge in [-0.2, -0.15) is 5.10 Å². The van der Waals surface area contributed by atoms with Gasteiger partial charge in [0.25, 0.3) is 0 Å². The Bertz CT molecular complexity index is 797. The summed E-state index contributed by atoms with van der Waals surface area (Å²) in [6, 6.07) is 11.6. The summed E-state index contributed by atoms with van der Waals surface area (Å²) >= 11 is 1.56. The molecule has 0 bridgehead atoms. The Hall–Kier alpha value is -2.51. The van der Waals surface area contributed by atoms with Gasteiger partial charge in [-0.1, -0.05) is 23.5 Å². The molecule has 1 aromatic carbocycles. The van der Waals surface area contributed by atoms with Gasteiger partial charge >= 0.3 is 0 Å². The molecule has 3 aromatic rings. The minimum atomic E-state index is 0.476. The highest BCUT2D eigenvalue weighted by Gasteiger charge is 2.04. The first kappa shape index (κ1) is 15.4. The average Bonchev–Trinajstić information content (AvgIpc) is 3.01. The van der Waals surface area contributed by atoms with Crippen molar-refractivity contribution in [3.05, 3.63) is 48.3 Å². The minimum Gasteiger partial charge on any atom is -0.492 e. The van der Waals surface area contributed by atoms with Crippen LogP contribution in [0, 0.1) is 0 Å². The predicted molar refractivity (Wildman–Crippen MR) is 94.2 cm³/mol. The molecule has 0 radical (unpaired) electrons. The number of anilines is 1. The van der Waals surface area contributed by atoms with Crippen LogP contribution in [0.5, 0.6) is 5.75 Å². The van der Waals surface area contributed by atoms with Crippen molar-refractivity contribution in [1.29, 1.82) is 0 Å². The summed E-state index contributed by atoms with van der Waals surface area (Å²) in [5.41, 5.74) is 10.9.